The van der Waals surface area contributed by atoms with Crippen molar-refractivity contribution >= 4 is 5.96 Å². The molecule has 7 heteroatoms. The minimum atomic E-state index is -0.300. The van der Waals surface area contributed by atoms with E-state index in [4.69, 9.17) is 4.42 Å². The lowest BCUT2D eigenvalue weighted by Gasteiger charge is -2.11. The van der Waals surface area contributed by atoms with Crippen LogP contribution >= 0.6 is 0 Å². The van der Waals surface area contributed by atoms with Gasteiger partial charge in [0.1, 0.15) is 11.6 Å². The Morgan fingerprint density at radius 2 is 2.23 bits per heavy atom. The van der Waals surface area contributed by atoms with Crippen LogP contribution in [0.2, 0.25) is 0 Å². The average Bonchev–Trinajstić information content (AvgIpc) is 3.33. The second-order valence-corrected chi connectivity index (χ2v) is 5.71. The third kappa shape index (κ3) is 4.72. The number of nitrogens with zero attached hydrogens (tertiary/aromatic N) is 3. The molecule has 0 atom stereocenters. The standard InChI is InChI=1S/C19H22FN5O/c1-2-22-19(23-8-7-16-4-3-11-26-16)24-13-15-5-6-18(17(20)12-15)25-10-9-21-14-25/h3-6,9-12,14H,2,7-8,13H2,1H3,(H2,22,23,24). The maximum Gasteiger partial charge on any atom is 0.191 e. The molecule has 0 unspecified atom stereocenters. The van der Waals surface area contributed by atoms with Crippen molar-refractivity contribution in [3.05, 3.63) is 72.5 Å². The molecule has 0 aliphatic carbocycles. The highest BCUT2D eigenvalue weighted by Gasteiger charge is 2.06. The van der Waals surface area contributed by atoms with Crippen LogP contribution in [0, 0.1) is 5.82 Å². The van der Waals surface area contributed by atoms with Crippen molar-refractivity contribution in [2.45, 2.75) is 19.9 Å². The molecule has 0 aliphatic heterocycles. The van der Waals surface area contributed by atoms with Gasteiger partial charge in [0, 0.05) is 31.9 Å². The van der Waals surface area contributed by atoms with Crippen molar-refractivity contribution in [2.75, 3.05) is 13.1 Å². The molecular formula is C19H22FN5O. The number of furan rings is 1. The molecule has 0 bridgehead atoms. The quantitative estimate of drug-likeness (QED) is 0.505. The molecule has 2 heterocycles. The number of aromatic nitrogens is 2. The van der Waals surface area contributed by atoms with E-state index in [0.29, 0.717) is 24.7 Å². The molecule has 0 fully saturated rings. The third-order valence-electron chi connectivity index (χ3n) is 3.80. The molecule has 0 saturated carbocycles. The van der Waals surface area contributed by atoms with Crippen LogP contribution in [-0.4, -0.2) is 28.6 Å². The van der Waals surface area contributed by atoms with Gasteiger partial charge in [-0.05, 0) is 36.8 Å². The molecule has 0 saturated heterocycles. The van der Waals surface area contributed by atoms with Gasteiger partial charge in [-0.3, -0.25) is 0 Å². The summed E-state index contributed by atoms with van der Waals surface area (Å²) in [6.07, 6.45) is 7.34. The Morgan fingerprint density at radius 1 is 1.31 bits per heavy atom. The Hall–Kier alpha value is -3.09. The highest BCUT2D eigenvalue weighted by atomic mass is 19.1. The van der Waals surface area contributed by atoms with E-state index in [1.807, 2.05) is 25.1 Å². The van der Waals surface area contributed by atoms with Crippen molar-refractivity contribution in [2.24, 2.45) is 4.99 Å². The van der Waals surface area contributed by atoms with Crippen molar-refractivity contribution in [1.82, 2.24) is 20.2 Å². The zero-order chi connectivity index (χ0) is 18.2. The zero-order valence-electron chi connectivity index (χ0n) is 14.7. The predicted molar refractivity (Wildman–Crippen MR) is 98.8 cm³/mol. The lowest BCUT2D eigenvalue weighted by molar-refractivity contribution is 0.507. The number of rotatable bonds is 7. The highest BCUT2D eigenvalue weighted by Crippen LogP contribution is 2.15. The highest BCUT2D eigenvalue weighted by molar-refractivity contribution is 5.79. The fourth-order valence-corrected chi connectivity index (χ4v) is 2.53. The first-order valence-corrected chi connectivity index (χ1v) is 8.57. The molecular weight excluding hydrogens is 333 g/mol. The minimum absolute atomic E-state index is 0.300. The maximum atomic E-state index is 14.3. The van der Waals surface area contributed by atoms with E-state index in [1.165, 1.54) is 6.07 Å². The summed E-state index contributed by atoms with van der Waals surface area (Å²) in [4.78, 5) is 8.45. The van der Waals surface area contributed by atoms with Gasteiger partial charge in [0.15, 0.2) is 5.96 Å². The molecule has 3 aromatic rings. The van der Waals surface area contributed by atoms with Crippen LogP contribution in [-0.2, 0) is 13.0 Å². The molecule has 6 nitrogen and oxygen atoms in total. The Balaban J connectivity index is 1.60. The van der Waals surface area contributed by atoms with Crippen molar-refractivity contribution in [1.29, 1.82) is 0 Å². The largest absolute Gasteiger partial charge is 0.469 e. The summed E-state index contributed by atoms with van der Waals surface area (Å²) in [7, 11) is 0. The summed E-state index contributed by atoms with van der Waals surface area (Å²) in [6.45, 7) is 3.84. The minimum Gasteiger partial charge on any atom is -0.469 e. The normalized spacial score (nSPS) is 11.5. The van der Waals surface area contributed by atoms with Gasteiger partial charge in [0.2, 0.25) is 0 Å². The first-order valence-electron chi connectivity index (χ1n) is 8.57. The van der Waals surface area contributed by atoms with Gasteiger partial charge in [-0.25, -0.2) is 14.4 Å². The SMILES string of the molecule is CCNC(=NCc1ccc(-n2ccnc2)c(F)c1)NCCc1ccco1. The van der Waals surface area contributed by atoms with E-state index >= 15 is 0 Å². The van der Waals surface area contributed by atoms with Crippen molar-refractivity contribution in [3.63, 3.8) is 0 Å². The van der Waals surface area contributed by atoms with Gasteiger partial charge in [-0.1, -0.05) is 6.07 Å². The smallest absolute Gasteiger partial charge is 0.191 e. The second kappa shape index (κ2) is 8.84. The van der Waals surface area contributed by atoms with E-state index in [-0.39, 0.29) is 5.82 Å². The van der Waals surface area contributed by atoms with Gasteiger partial charge in [0.25, 0.3) is 0 Å². The zero-order valence-corrected chi connectivity index (χ0v) is 14.7. The number of benzene rings is 1. The van der Waals surface area contributed by atoms with Crippen LogP contribution in [0.3, 0.4) is 0 Å². The van der Waals surface area contributed by atoms with Gasteiger partial charge < -0.3 is 19.6 Å². The van der Waals surface area contributed by atoms with E-state index in [1.54, 1.807) is 35.6 Å². The summed E-state index contributed by atoms with van der Waals surface area (Å²) >= 11 is 0. The first-order chi connectivity index (χ1) is 12.8. The van der Waals surface area contributed by atoms with Crippen LogP contribution in [0.5, 0.6) is 0 Å². The summed E-state index contributed by atoms with van der Waals surface area (Å²) < 4.78 is 21.3. The summed E-state index contributed by atoms with van der Waals surface area (Å²) in [5.74, 6) is 1.31. The van der Waals surface area contributed by atoms with E-state index in [0.717, 1.165) is 24.3 Å². The number of nitrogens with one attached hydrogen (secondary N) is 2. The van der Waals surface area contributed by atoms with Gasteiger partial charge >= 0.3 is 0 Å². The maximum absolute atomic E-state index is 14.3. The van der Waals surface area contributed by atoms with Crippen molar-refractivity contribution in [3.8, 4) is 5.69 Å². The first kappa shape index (κ1) is 17.7. The second-order valence-electron chi connectivity index (χ2n) is 5.71. The Morgan fingerprint density at radius 3 is 2.92 bits per heavy atom. The Bertz CT molecular complexity index is 828. The summed E-state index contributed by atoms with van der Waals surface area (Å²) in [5.41, 5.74) is 1.27. The van der Waals surface area contributed by atoms with Crippen LogP contribution in [0.25, 0.3) is 5.69 Å². The van der Waals surface area contributed by atoms with Crippen LogP contribution in [0.4, 0.5) is 4.39 Å². The molecule has 2 N–H and O–H groups in total. The predicted octanol–water partition coefficient (Wildman–Crippen LogP) is 2.90. The Labute approximate surface area is 151 Å². The lowest BCUT2D eigenvalue weighted by atomic mass is 10.2. The van der Waals surface area contributed by atoms with Crippen LogP contribution in [0.1, 0.15) is 18.2 Å². The molecule has 0 aliphatic rings. The fourth-order valence-electron chi connectivity index (χ4n) is 2.53. The fraction of sp³-hybridized carbons (Fsp3) is 0.263. The summed E-state index contributed by atoms with van der Waals surface area (Å²) in [6, 6.07) is 8.92. The molecule has 2 aromatic heterocycles. The molecule has 0 radical (unpaired) electrons. The van der Waals surface area contributed by atoms with E-state index in [2.05, 4.69) is 20.6 Å². The van der Waals surface area contributed by atoms with Crippen LogP contribution < -0.4 is 10.6 Å². The number of aliphatic imine (C=N–C) groups is 1. The molecule has 136 valence electrons. The van der Waals surface area contributed by atoms with E-state index < -0.39 is 0 Å². The number of guanidine groups is 1. The number of halogens is 1. The van der Waals surface area contributed by atoms with E-state index in [9.17, 15) is 4.39 Å². The lowest BCUT2D eigenvalue weighted by Crippen LogP contribution is -2.38. The molecule has 3 rings (SSSR count). The number of hydrogen-bond acceptors (Lipinski definition) is 3. The van der Waals surface area contributed by atoms with Crippen LogP contribution in [0.15, 0.2) is 64.7 Å². The molecule has 0 spiro atoms. The van der Waals surface area contributed by atoms with Gasteiger partial charge in [0.05, 0.1) is 24.8 Å². The monoisotopic (exact) mass is 355 g/mol. The average molecular weight is 355 g/mol. The molecule has 1 aromatic carbocycles. The van der Waals surface area contributed by atoms with Crippen molar-refractivity contribution < 1.29 is 8.81 Å². The molecule has 26 heavy (non-hydrogen) atoms. The number of hydrogen-bond donors (Lipinski definition) is 2. The third-order valence-corrected chi connectivity index (χ3v) is 3.80. The number of imidazole rings is 1. The molecule has 0 amide bonds. The van der Waals surface area contributed by atoms with Gasteiger partial charge in [-0.2, -0.15) is 0 Å². The topological polar surface area (TPSA) is 67.4 Å². The summed E-state index contributed by atoms with van der Waals surface area (Å²) in [5, 5.41) is 6.43. The van der Waals surface area contributed by atoms with Gasteiger partial charge in [-0.15, -0.1) is 0 Å². The Kier molecular flexibility index (Phi) is 6.03.